The van der Waals surface area contributed by atoms with E-state index in [1.54, 1.807) is 17.4 Å². The number of methoxy groups -OCH3 is 1. The monoisotopic (exact) mass is 296 g/mol. The number of hydrogen-bond donors (Lipinski definition) is 0. The van der Waals surface area contributed by atoms with Crippen molar-refractivity contribution in [1.82, 2.24) is 0 Å². The van der Waals surface area contributed by atoms with E-state index >= 15 is 0 Å². The Bertz CT molecular complexity index is 727. The normalized spacial score (nSPS) is 11.2. The topological polar surface area (TPSA) is 9.23 Å². The highest BCUT2D eigenvalue weighted by molar-refractivity contribution is 7.29. The predicted molar refractivity (Wildman–Crippen MR) is 76.3 cm³/mol. The van der Waals surface area contributed by atoms with Gasteiger partial charge in [0.1, 0.15) is 0 Å². The molecule has 19 heavy (non-hydrogen) atoms. The van der Waals surface area contributed by atoms with Crippen molar-refractivity contribution in [2.75, 3.05) is 7.11 Å². The highest BCUT2D eigenvalue weighted by atomic mass is 32.1. The second kappa shape index (κ2) is 4.58. The molecule has 0 fully saturated rings. The standard InChI is InChI=1S/C14H10F2OS2/c1-7-5-11-12(18-7)6-10(19-11)8-3-4-9(17-2)14(16)13(8)15/h3-6H,1-2H3. The average Bonchev–Trinajstić information content (AvgIpc) is 2.89. The Morgan fingerprint density at radius 1 is 1.00 bits per heavy atom. The van der Waals surface area contributed by atoms with Crippen molar-refractivity contribution in [2.45, 2.75) is 6.92 Å². The van der Waals surface area contributed by atoms with Crippen LogP contribution in [0.2, 0.25) is 0 Å². The predicted octanol–water partition coefficient (Wildman–Crippen LogP) is 5.23. The Balaban J connectivity index is 2.15. The summed E-state index contributed by atoms with van der Waals surface area (Å²) in [7, 11) is 1.32. The lowest BCUT2D eigenvalue weighted by atomic mass is 10.1. The number of hydrogen-bond acceptors (Lipinski definition) is 3. The van der Waals surface area contributed by atoms with Crippen LogP contribution >= 0.6 is 22.7 Å². The lowest BCUT2D eigenvalue weighted by molar-refractivity contribution is 0.372. The van der Waals surface area contributed by atoms with Crippen LogP contribution < -0.4 is 4.74 Å². The maximum atomic E-state index is 14.0. The van der Waals surface area contributed by atoms with Crippen molar-refractivity contribution in [1.29, 1.82) is 0 Å². The molecule has 0 aliphatic heterocycles. The highest BCUT2D eigenvalue weighted by Crippen LogP contribution is 2.40. The van der Waals surface area contributed by atoms with Crippen LogP contribution in [0.5, 0.6) is 5.75 Å². The molecule has 0 aliphatic rings. The molecular weight excluding hydrogens is 286 g/mol. The minimum Gasteiger partial charge on any atom is -0.494 e. The van der Waals surface area contributed by atoms with E-state index in [0.29, 0.717) is 0 Å². The van der Waals surface area contributed by atoms with E-state index in [2.05, 4.69) is 6.07 Å². The van der Waals surface area contributed by atoms with Gasteiger partial charge in [-0.15, -0.1) is 22.7 Å². The molecule has 0 atom stereocenters. The molecule has 2 heterocycles. The number of ether oxygens (including phenoxy) is 1. The van der Waals surface area contributed by atoms with Gasteiger partial charge in [0, 0.05) is 24.7 Å². The van der Waals surface area contributed by atoms with Crippen molar-refractivity contribution in [3.05, 3.63) is 40.8 Å². The van der Waals surface area contributed by atoms with Gasteiger partial charge in [-0.1, -0.05) is 0 Å². The first-order valence-corrected chi connectivity index (χ1v) is 7.26. The molecule has 3 rings (SSSR count). The van der Waals surface area contributed by atoms with E-state index in [9.17, 15) is 8.78 Å². The zero-order chi connectivity index (χ0) is 13.6. The number of thiophene rings is 2. The van der Waals surface area contributed by atoms with E-state index in [-0.39, 0.29) is 11.3 Å². The zero-order valence-electron chi connectivity index (χ0n) is 10.3. The van der Waals surface area contributed by atoms with Crippen molar-refractivity contribution >= 4 is 32.1 Å². The van der Waals surface area contributed by atoms with Crippen molar-refractivity contribution in [2.24, 2.45) is 0 Å². The maximum absolute atomic E-state index is 14.0. The van der Waals surface area contributed by atoms with Crippen molar-refractivity contribution in [3.8, 4) is 16.2 Å². The minimum absolute atomic E-state index is 0.0736. The summed E-state index contributed by atoms with van der Waals surface area (Å²) < 4.78 is 34.7. The van der Waals surface area contributed by atoms with Gasteiger partial charge >= 0.3 is 0 Å². The third kappa shape index (κ3) is 2.03. The SMILES string of the molecule is COc1ccc(-c2cc3sc(C)cc3s2)c(F)c1F. The summed E-state index contributed by atoms with van der Waals surface area (Å²) in [5.74, 6) is -1.87. The number of aryl methyl sites for hydroxylation is 1. The van der Waals surface area contributed by atoms with Crippen LogP contribution in [0.15, 0.2) is 24.3 Å². The molecule has 0 spiro atoms. The first-order valence-electron chi connectivity index (χ1n) is 5.62. The van der Waals surface area contributed by atoms with E-state index in [0.717, 1.165) is 14.3 Å². The largest absolute Gasteiger partial charge is 0.494 e. The zero-order valence-corrected chi connectivity index (χ0v) is 11.9. The summed E-state index contributed by atoms with van der Waals surface area (Å²) in [5, 5.41) is 0. The van der Waals surface area contributed by atoms with Gasteiger partial charge in [0.2, 0.25) is 5.82 Å². The lowest BCUT2D eigenvalue weighted by Gasteiger charge is -2.05. The fourth-order valence-corrected chi connectivity index (χ4v) is 4.30. The smallest absolute Gasteiger partial charge is 0.201 e. The van der Waals surface area contributed by atoms with Gasteiger partial charge in [0.15, 0.2) is 11.6 Å². The minimum atomic E-state index is -0.937. The molecule has 2 aromatic heterocycles. The Morgan fingerprint density at radius 2 is 1.74 bits per heavy atom. The fraction of sp³-hybridized carbons (Fsp3) is 0.143. The van der Waals surface area contributed by atoms with Gasteiger partial charge in [-0.25, -0.2) is 4.39 Å². The Hall–Kier alpha value is -1.46. The number of halogens is 2. The Morgan fingerprint density at radius 3 is 2.42 bits per heavy atom. The van der Waals surface area contributed by atoms with E-state index in [1.807, 2.05) is 13.0 Å². The summed E-state index contributed by atoms with van der Waals surface area (Å²) in [4.78, 5) is 1.95. The summed E-state index contributed by atoms with van der Waals surface area (Å²) in [6.07, 6.45) is 0. The number of fused-ring (bicyclic) bond motifs is 1. The summed E-state index contributed by atoms with van der Waals surface area (Å²) >= 11 is 3.13. The van der Waals surface area contributed by atoms with Gasteiger partial charge < -0.3 is 4.74 Å². The summed E-state index contributed by atoms with van der Waals surface area (Å²) in [6.45, 7) is 2.03. The molecule has 0 N–H and O–H groups in total. The molecule has 0 saturated heterocycles. The van der Waals surface area contributed by atoms with Crippen LogP contribution in [0, 0.1) is 18.6 Å². The summed E-state index contributed by atoms with van der Waals surface area (Å²) in [5.41, 5.74) is 0.282. The lowest BCUT2D eigenvalue weighted by Crippen LogP contribution is -1.93. The number of benzene rings is 1. The van der Waals surface area contributed by atoms with Gasteiger partial charge in [0.25, 0.3) is 0 Å². The third-order valence-electron chi connectivity index (χ3n) is 2.86. The fourth-order valence-electron chi connectivity index (χ4n) is 1.97. The molecule has 0 amide bonds. The van der Waals surface area contributed by atoms with Gasteiger partial charge in [-0.2, -0.15) is 4.39 Å². The van der Waals surface area contributed by atoms with Gasteiger partial charge in [-0.05, 0) is 31.2 Å². The van der Waals surface area contributed by atoms with Crippen LogP contribution in [0.4, 0.5) is 8.78 Å². The van der Waals surface area contributed by atoms with Crippen LogP contribution in [0.1, 0.15) is 4.88 Å². The molecule has 0 aliphatic carbocycles. The third-order valence-corrected chi connectivity index (χ3v) is 5.10. The molecule has 3 aromatic rings. The molecule has 1 aromatic carbocycles. The molecule has 1 nitrogen and oxygen atoms in total. The molecule has 5 heteroatoms. The maximum Gasteiger partial charge on any atom is 0.201 e. The van der Waals surface area contributed by atoms with Crippen LogP contribution in [-0.2, 0) is 0 Å². The molecule has 98 valence electrons. The molecular formula is C14H10F2OS2. The molecule has 0 saturated carbocycles. The van der Waals surface area contributed by atoms with E-state index in [1.165, 1.54) is 29.4 Å². The van der Waals surface area contributed by atoms with E-state index < -0.39 is 11.6 Å². The quantitative estimate of drug-likeness (QED) is 0.629. The first-order chi connectivity index (χ1) is 9.10. The van der Waals surface area contributed by atoms with Gasteiger partial charge in [-0.3, -0.25) is 0 Å². The van der Waals surface area contributed by atoms with E-state index in [4.69, 9.17) is 4.74 Å². The van der Waals surface area contributed by atoms with Crippen LogP contribution in [0.3, 0.4) is 0 Å². The van der Waals surface area contributed by atoms with Crippen LogP contribution in [0.25, 0.3) is 19.8 Å². The van der Waals surface area contributed by atoms with Crippen molar-refractivity contribution < 1.29 is 13.5 Å². The highest BCUT2D eigenvalue weighted by Gasteiger charge is 2.17. The summed E-state index contributed by atoms with van der Waals surface area (Å²) in [6, 6.07) is 6.97. The molecule has 0 bridgehead atoms. The average molecular weight is 296 g/mol. The first kappa shape index (κ1) is 12.6. The van der Waals surface area contributed by atoms with Gasteiger partial charge in [0.05, 0.1) is 7.11 Å². The second-order valence-corrected chi connectivity index (χ2v) is 6.51. The molecule has 0 unspecified atom stereocenters. The Kier molecular flexibility index (Phi) is 3.03. The Labute approximate surface area is 117 Å². The number of rotatable bonds is 2. The van der Waals surface area contributed by atoms with Crippen LogP contribution in [-0.4, -0.2) is 7.11 Å². The molecule has 0 radical (unpaired) electrons. The van der Waals surface area contributed by atoms with Crippen molar-refractivity contribution in [3.63, 3.8) is 0 Å². The second-order valence-electron chi connectivity index (χ2n) is 4.14.